The Balaban J connectivity index is 1.93. The molecule has 5 heteroatoms. The van der Waals surface area contributed by atoms with E-state index in [0.717, 1.165) is 17.6 Å². The topological polar surface area (TPSA) is 55.9 Å². The third-order valence-electron chi connectivity index (χ3n) is 3.33. The lowest BCUT2D eigenvalue weighted by Crippen LogP contribution is -2.31. The number of rotatable bonds is 4. The molecule has 1 atom stereocenters. The molecular weight excluding hydrogens is 256 g/mol. The van der Waals surface area contributed by atoms with Gasteiger partial charge in [0.05, 0.1) is 23.4 Å². The Bertz CT molecular complexity index is 685. The zero-order valence-electron chi connectivity index (χ0n) is 10.7. The summed E-state index contributed by atoms with van der Waals surface area (Å²) >= 11 is 1.73. The third-order valence-corrected chi connectivity index (χ3v) is 4.46. The highest BCUT2D eigenvalue weighted by atomic mass is 32.1. The van der Waals surface area contributed by atoms with Crippen LogP contribution in [0.5, 0.6) is 0 Å². The fourth-order valence-corrected chi connectivity index (χ4v) is 3.28. The Morgan fingerprint density at radius 3 is 2.95 bits per heavy atom. The molecule has 4 nitrogen and oxygen atoms in total. The zero-order valence-corrected chi connectivity index (χ0v) is 11.5. The quantitative estimate of drug-likeness (QED) is 0.567. The molecule has 0 aliphatic heterocycles. The molecule has 0 bridgehead atoms. The molecule has 98 valence electrons. The number of nitrogens with zero attached hydrogens (tertiary/aromatic N) is 2. The van der Waals surface area contributed by atoms with Crippen LogP contribution in [-0.2, 0) is 6.54 Å². The van der Waals surface area contributed by atoms with Gasteiger partial charge in [-0.1, -0.05) is 12.1 Å². The number of nitrogens with one attached hydrogen (secondary N) is 1. The van der Waals surface area contributed by atoms with Gasteiger partial charge in [-0.25, -0.2) is 4.98 Å². The van der Waals surface area contributed by atoms with Crippen LogP contribution >= 0.6 is 11.3 Å². The highest BCUT2D eigenvalue weighted by Gasteiger charge is 2.15. The van der Waals surface area contributed by atoms with Gasteiger partial charge in [0.1, 0.15) is 0 Å². The predicted molar refractivity (Wildman–Crippen MR) is 78.9 cm³/mol. The molecule has 3 aromatic rings. The van der Waals surface area contributed by atoms with Crippen molar-refractivity contribution in [1.82, 2.24) is 15.0 Å². The SMILES string of the molecule is Cc1ccsc1C(Cn1cnc2ccccc21)NN. The van der Waals surface area contributed by atoms with Crippen LogP contribution in [-0.4, -0.2) is 9.55 Å². The first-order valence-electron chi connectivity index (χ1n) is 6.19. The van der Waals surface area contributed by atoms with E-state index in [1.807, 2.05) is 24.5 Å². The molecule has 0 aliphatic carbocycles. The number of nitrogens with two attached hydrogens (primary N) is 1. The fourth-order valence-electron chi connectivity index (χ4n) is 2.31. The normalized spacial score (nSPS) is 12.9. The van der Waals surface area contributed by atoms with Gasteiger partial charge in [0.2, 0.25) is 0 Å². The second kappa shape index (κ2) is 5.13. The first kappa shape index (κ1) is 12.3. The molecule has 2 aromatic heterocycles. The number of aryl methyl sites for hydroxylation is 1. The smallest absolute Gasteiger partial charge is 0.0958 e. The van der Waals surface area contributed by atoms with Crippen molar-refractivity contribution in [3.8, 4) is 0 Å². The number of hydrogen-bond acceptors (Lipinski definition) is 4. The molecule has 3 N–H and O–H groups in total. The molecule has 0 radical (unpaired) electrons. The monoisotopic (exact) mass is 272 g/mol. The van der Waals surface area contributed by atoms with Crippen molar-refractivity contribution in [2.45, 2.75) is 19.5 Å². The molecule has 0 fully saturated rings. The van der Waals surface area contributed by atoms with E-state index < -0.39 is 0 Å². The van der Waals surface area contributed by atoms with Crippen molar-refractivity contribution in [3.63, 3.8) is 0 Å². The Labute approximate surface area is 115 Å². The van der Waals surface area contributed by atoms with E-state index in [0.29, 0.717) is 0 Å². The lowest BCUT2D eigenvalue weighted by molar-refractivity contribution is 0.486. The number of hydrogen-bond donors (Lipinski definition) is 2. The van der Waals surface area contributed by atoms with Crippen molar-refractivity contribution >= 4 is 22.4 Å². The van der Waals surface area contributed by atoms with Crippen molar-refractivity contribution < 1.29 is 0 Å². The van der Waals surface area contributed by atoms with Crippen LogP contribution < -0.4 is 11.3 Å². The minimum Gasteiger partial charge on any atom is -0.329 e. The van der Waals surface area contributed by atoms with Gasteiger partial charge in [0.25, 0.3) is 0 Å². The maximum atomic E-state index is 5.72. The largest absolute Gasteiger partial charge is 0.329 e. The number of thiophene rings is 1. The molecule has 3 rings (SSSR count). The van der Waals surface area contributed by atoms with Crippen LogP contribution in [0.1, 0.15) is 16.5 Å². The molecule has 0 saturated heterocycles. The van der Waals surface area contributed by atoms with E-state index in [-0.39, 0.29) is 6.04 Å². The second-order valence-corrected chi connectivity index (χ2v) is 5.52. The minimum atomic E-state index is 0.109. The van der Waals surface area contributed by atoms with E-state index in [1.165, 1.54) is 10.4 Å². The highest BCUT2D eigenvalue weighted by molar-refractivity contribution is 7.10. The zero-order chi connectivity index (χ0) is 13.2. The number of para-hydroxylation sites is 2. The molecule has 0 aliphatic rings. The summed E-state index contributed by atoms with van der Waals surface area (Å²) in [6.07, 6.45) is 1.87. The molecule has 1 unspecified atom stereocenters. The molecular formula is C14H16N4S. The summed E-state index contributed by atoms with van der Waals surface area (Å²) in [5, 5.41) is 2.10. The molecule has 0 amide bonds. The van der Waals surface area contributed by atoms with E-state index >= 15 is 0 Å². The average molecular weight is 272 g/mol. The third kappa shape index (κ3) is 2.28. The first-order valence-corrected chi connectivity index (χ1v) is 7.07. The Morgan fingerprint density at radius 1 is 1.37 bits per heavy atom. The standard InChI is InChI=1S/C14H16N4S/c1-10-6-7-19-14(10)12(17-15)8-18-9-16-11-4-2-3-5-13(11)18/h2-7,9,12,17H,8,15H2,1H3. The van der Waals surface area contributed by atoms with E-state index in [2.05, 4.69) is 39.4 Å². The van der Waals surface area contributed by atoms with Gasteiger partial charge in [0.15, 0.2) is 0 Å². The first-order chi connectivity index (χ1) is 9.29. The van der Waals surface area contributed by atoms with Gasteiger partial charge in [0, 0.05) is 11.4 Å². The number of hydrazine groups is 1. The van der Waals surface area contributed by atoms with Crippen LogP contribution in [0.4, 0.5) is 0 Å². The number of imidazole rings is 1. The summed E-state index contributed by atoms with van der Waals surface area (Å²) in [6, 6.07) is 10.4. The Kier molecular flexibility index (Phi) is 3.33. The summed E-state index contributed by atoms with van der Waals surface area (Å²) in [5.74, 6) is 5.72. The van der Waals surface area contributed by atoms with Crippen molar-refractivity contribution in [2.75, 3.05) is 0 Å². The highest BCUT2D eigenvalue weighted by Crippen LogP contribution is 2.25. The molecule has 0 saturated carbocycles. The van der Waals surface area contributed by atoms with Crippen LogP contribution in [0, 0.1) is 6.92 Å². The van der Waals surface area contributed by atoms with Crippen LogP contribution in [0.2, 0.25) is 0 Å². The summed E-state index contributed by atoms with van der Waals surface area (Å²) in [6.45, 7) is 2.89. The summed E-state index contributed by atoms with van der Waals surface area (Å²) < 4.78 is 2.14. The molecule has 19 heavy (non-hydrogen) atoms. The van der Waals surface area contributed by atoms with E-state index in [1.54, 1.807) is 11.3 Å². The molecule has 2 heterocycles. The van der Waals surface area contributed by atoms with Gasteiger partial charge in [-0.15, -0.1) is 11.3 Å². The van der Waals surface area contributed by atoms with Crippen molar-refractivity contribution in [2.24, 2.45) is 5.84 Å². The average Bonchev–Trinajstić information content (AvgIpc) is 3.03. The van der Waals surface area contributed by atoms with Crippen LogP contribution in [0.25, 0.3) is 11.0 Å². The number of fused-ring (bicyclic) bond motifs is 1. The fraction of sp³-hybridized carbons (Fsp3) is 0.214. The number of benzene rings is 1. The minimum absolute atomic E-state index is 0.109. The van der Waals surface area contributed by atoms with Crippen molar-refractivity contribution in [3.05, 3.63) is 52.5 Å². The summed E-state index contributed by atoms with van der Waals surface area (Å²) in [4.78, 5) is 5.69. The molecule has 0 spiro atoms. The summed E-state index contributed by atoms with van der Waals surface area (Å²) in [5.41, 5.74) is 6.34. The Morgan fingerprint density at radius 2 is 2.21 bits per heavy atom. The van der Waals surface area contributed by atoms with Gasteiger partial charge in [-0.2, -0.15) is 0 Å². The Hall–Kier alpha value is -1.69. The van der Waals surface area contributed by atoms with Gasteiger partial charge >= 0.3 is 0 Å². The van der Waals surface area contributed by atoms with Crippen LogP contribution in [0.3, 0.4) is 0 Å². The van der Waals surface area contributed by atoms with Crippen LogP contribution in [0.15, 0.2) is 42.0 Å². The summed E-state index contributed by atoms with van der Waals surface area (Å²) in [7, 11) is 0. The van der Waals surface area contributed by atoms with Crippen molar-refractivity contribution in [1.29, 1.82) is 0 Å². The predicted octanol–water partition coefficient (Wildman–Crippen LogP) is 2.61. The maximum Gasteiger partial charge on any atom is 0.0958 e. The van der Waals surface area contributed by atoms with Gasteiger partial charge < -0.3 is 4.57 Å². The second-order valence-electron chi connectivity index (χ2n) is 4.57. The maximum absolute atomic E-state index is 5.72. The number of aromatic nitrogens is 2. The lowest BCUT2D eigenvalue weighted by atomic mass is 10.1. The molecule has 1 aromatic carbocycles. The van der Waals surface area contributed by atoms with Gasteiger partial charge in [-0.3, -0.25) is 11.3 Å². The van der Waals surface area contributed by atoms with E-state index in [9.17, 15) is 0 Å². The lowest BCUT2D eigenvalue weighted by Gasteiger charge is -2.16. The van der Waals surface area contributed by atoms with Gasteiger partial charge in [-0.05, 0) is 36.1 Å². The van der Waals surface area contributed by atoms with E-state index in [4.69, 9.17) is 5.84 Å².